The van der Waals surface area contributed by atoms with Crippen molar-refractivity contribution in [3.05, 3.63) is 64.8 Å². The topological polar surface area (TPSA) is 104 Å². The minimum Gasteiger partial charge on any atom is -0.456 e. The Kier molecular flexibility index (Phi) is 6.01. The van der Waals surface area contributed by atoms with Crippen LogP contribution in [-0.4, -0.2) is 60.0 Å². The zero-order chi connectivity index (χ0) is 25.7. The zero-order valence-corrected chi connectivity index (χ0v) is 22.1. The van der Waals surface area contributed by atoms with Crippen LogP contribution in [0.4, 0.5) is 0 Å². The van der Waals surface area contributed by atoms with Crippen molar-refractivity contribution in [2.75, 3.05) is 19.6 Å². The largest absolute Gasteiger partial charge is 0.456 e. The van der Waals surface area contributed by atoms with Gasteiger partial charge in [0, 0.05) is 28.6 Å². The van der Waals surface area contributed by atoms with Crippen molar-refractivity contribution >= 4 is 38.3 Å². The van der Waals surface area contributed by atoms with Crippen LogP contribution in [0.3, 0.4) is 0 Å². The summed E-state index contributed by atoms with van der Waals surface area (Å²) in [7, 11) is -4.21. The maximum Gasteiger partial charge on any atom is 0.359 e. The van der Waals surface area contributed by atoms with E-state index < -0.39 is 16.1 Å². The van der Waals surface area contributed by atoms with Crippen molar-refractivity contribution in [3.63, 3.8) is 0 Å². The van der Waals surface area contributed by atoms with E-state index in [1.807, 2.05) is 25.3 Å². The molecular formula is C26H26N4O5S2. The summed E-state index contributed by atoms with van der Waals surface area (Å²) in [6.07, 6.45) is 1.80. The SMILES string of the molecule is Cc1ccc(S(=O)(=O)On2nc(C(=O)O[C@@H]3CN4CCC3CC4)c3ccc(-c4nc(C)cs4)cc32)cc1. The predicted molar refractivity (Wildman–Crippen MR) is 139 cm³/mol. The highest BCUT2D eigenvalue weighted by Crippen LogP contribution is 2.32. The van der Waals surface area contributed by atoms with Crippen LogP contribution in [0.15, 0.2) is 52.7 Å². The van der Waals surface area contributed by atoms with Crippen molar-refractivity contribution in [1.82, 2.24) is 19.8 Å². The Morgan fingerprint density at radius 2 is 1.84 bits per heavy atom. The Hall–Kier alpha value is -3.28. The van der Waals surface area contributed by atoms with Gasteiger partial charge >= 0.3 is 16.1 Å². The van der Waals surface area contributed by atoms with E-state index in [4.69, 9.17) is 9.02 Å². The van der Waals surface area contributed by atoms with Gasteiger partial charge in [-0.2, -0.15) is 8.42 Å². The van der Waals surface area contributed by atoms with Crippen LogP contribution in [0.5, 0.6) is 0 Å². The van der Waals surface area contributed by atoms with Gasteiger partial charge in [0.25, 0.3) is 0 Å². The standard InChI is InChI=1S/C26H26N4O5S2/c1-16-3-6-20(7-4-16)37(32,33)35-30-22-13-19(25-27-17(2)15-36-25)5-8-21(22)24(28-30)26(31)34-23-14-29-11-9-18(23)10-12-29/h3-8,13,15,18,23H,9-12,14H2,1-2H3/t23-/m1/s1. The van der Waals surface area contributed by atoms with Gasteiger partial charge < -0.3 is 4.74 Å². The number of carbonyl (C=O) groups is 1. The number of rotatable bonds is 6. The van der Waals surface area contributed by atoms with Gasteiger partial charge in [0.1, 0.15) is 21.5 Å². The maximum atomic E-state index is 13.3. The summed E-state index contributed by atoms with van der Waals surface area (Å²) in [5, 5.41) is 7.45. The number of esters is 1. The van der Waals surface area contributed by atoms with E-state index in [9.17, 15) is 13.2 Å². The lowest BCUT2D eigenvalue weighted by atomic mass is 9.86. The molecule has 2 aromatic heterocycles. The third kappa shape index (κ3) is 4.62. The lowest BCUT2D eigenvalue weighted by Gasteiger charge is -2.43. The average Bonchev–Trinajstić information content (AvgIpc) is 3.48. The average molecular weight is 539 g/mol. The molecule has 3 saturated heterocycles. The van der Waals surface area contributed by atoms with Crippen LogP contribution in [0.1, 0.15) is 34.6 Å². The minimum atomic E-state index is -4.21. The van der Waals surface area contributed by atoms with Crippen molar-refractivity contribution < 1.29 is 22.2 Å². The molecule has 2 bridgehead atoms. The monoisotopic (exact) mass is 538 g/mol. The van der Waals surface area contributed by atoms with Gasteiger partial charge in [-0.15, -0.1) is 16.4 Å². The molecule has 9 nitrogen and oxygen atoms in total. The zero-order valence-electron chi connectivity index (χ0n) is 20.5. The summed E-state index contributed by atoms with van der Waals surface area (Å²) < 4.78 is 37.5. The van der Waals surface area contributed by atoms with Gasteiger partial charge in [-0.3, -0.25) is 9.18 Å². The lowest BCUT2D eigenvalue weighted by Crippen LogP contribution is -2.51. The molecule has 2 aromatic carbocycles. The molecule has 11 heteroatoms. The van der Waals surface area contributed by atoms with E-state index in [0.717, 1.165) is 52.6 Å². The van der Waals surface area contributed by atoms with Crippen molar-refractivity contribution in [2.24, 2.45) is 5.92 Å². The number of nitrogens with zero attached hydrogens (tertiary/aromatic N) is 4. The number of ether oxygens (including phenoxy) is 1. The van der Waals surface area contributed by atoms with Gasteiger partial charge in [-0.1, -0.05) is 28.6 Å². The lowest BCUT2D eigenvalue weighted by molar-refractivity contribution is -0.0459. The third-order valence-electron chi connectivity index (χ3n) is 7.04. The highest BCUT2D eigenvalue weighted by molar-refractivity contribution is 7.87. The Morgan fingerprint density at radius 3 is 2.49 bits per heavy atom. The van der Waals surface area contributed by atoms with Crippen LogP contribution in [0, 0.1) is 19.8 Å². The first kappa shape index (κ1) is 24.1. The number of carbonyl (C=O) groups excluding carboxylic acids is 1. The smallest absolute Gasteiger partial charge is 0.359 e. The summed E-state index contributed by atoms with van der Waals surface area (Å²) in [5.74, 6) is -0.253. The van der Waals surface area contributed by atoms with E-state index in [1.54, 1.807) is 24.3 Å². The molecule has 3 fully saturated rings. The van der Waals surface area contributed by atoms with E-state index in [0.29, 0.717) is 23.4 Å². The molecule has 0 N–H and O–H groups in total. The Balaban J connectivity index is 1.39. The molecule has 0 unspecified atom stereocenters. The normalized spacial score (nSPS) is 21.3. The molecule has 3 aliphatic rings. The molecule has 4 aromatic rings. The van der Waals surface area contributed by atoms with E-state index in [1.165, 1.54) is 23.5 Å². The van der Waals surface area contributed by atoms with Crippen LogP contribution >= 0.6 is 11.3 Å². The molecular weight excluding hydrogens is 512 g/mol. The highest BCUT2D eigenvalue weighted by atomic mass is 32.2. The van der Waals surface area contributed by atoms with E-state index in [-0.39, 0.29) is 16.7 Å². The summed E-state index contributed by atoms with van der Waals surface area (Å²) in [6.45, 7) is 6.54. The number of piperidine rings is 3. The predicted octanol–water partition coefficient (Wildman–Crippen LogP) is 3.85. The number of hydrogen-bond acceptors (Lipinski definition) is 9. The first-order valence-electron chi connectivity index (χ1n) is 12.2. The second kappa shape index (κ2) is 9.23. The molecule has 3 aliphatic heterocycles. The number of aryl methyl sites for hydroxylation is 2. The van der Waals surface area contributed by atoms with E-state index >= 15 is 0 Å². The minimum absolute atomic E-state index is 0.00939. The second-order valence-corrected chi connectivity index (χ2v) is 12.1. The first-order valence-corrected chi connectivity index (χ1v) is 14.5. The van der Waals surface area contributed by atoms with Gasteiger partial charge in [-0.25, -0.2) is 9.78 Å². The summed E-state index contributed by atoms with van der Waals surface area (Å²) in [5.41, 5.74) is 2.92. The fraction of sp³-hybridized carbons (Fsp3) is 0.346. The van der Waals surface area contributed by atoms with Gasteiger partial charge in [0.2, 0.25) is 0 Å². The summed E-state index contributed by atoms with van der Waals surface area (Å²) in [4.78, 5) is 21.0. The molecule has 0 saturated carbocycles. The van der Waals surface area contributed by atoms with E-state index in [2.05, 4.69) is 15.0 Å². The van der Waals surface area contributed by atoms with Crippen molar-refractivity contribution in [1.29, 1.82) is 0 Å². The van der Waals surface area contributed by atoms with Crippen LogP contribution < -0.4 is 4.28 Å². The Labute approximate surface area is 218 Å². The number of hydrogen-bond donors (Lipinski definition) is 0. The quantitative estimate of drug-likeness (QED) is 0.341. The molecule has 0 aliphatic carbocycles. The maximum absolute atomic E-state index is 13.3. The fourth-order valence-electron chi connectivity index (χ4n) is 4.99. The van der Waals surface area contributed by atoms with Gasteiger partial charge in [-0.05, 0) is 70.0 Å². The fourth-order valence-corrected chi connectivity index (χ4v) is 6.64. The molecule has 5 heterocycles. The van der Waals surface area contributed by atoms with Crippen molar-refractivity contribution in [2.45, 2.75) is 37.7 Å². The molecule has 1 atom stereocenters. The molecule has 192 valence electrons. The first-order chi connectivity index (χ1) is 17.8. The molecule has 0 spiro atoms. The molecule has 37 heavy (non-hydrogen) atoms. The number of benzene rings is 2. The van der Waals surface area contributed by atoms with Crippen LogP contribution in [-0.2, 0) is 14.9 Å². The number of fused-ring (bicyclic) bond motifs is 4. The van der Waals surface area contributed by atoms with Gasteiger partial charge in [0.05, 0.1) is 0 Å². The molecule has 0 radical (unpaired) electrons. The van der Waals surface area contributed by atoms with Crippen LogP contribution in [0.25, 0.3) is 21.5 Å². The summed E-state index contributed by atoms with van der Waals surface area (Å²) in [6, 6.07) is 11.6. The number of aromatic nitrogens is 3. The number of thiazole rings is 1. The highest BCUT2D eigenvalue weighted by Gasteiger charge is 2.37. The van der Waals surface area contributed by atoms with Crippen LogP contribution in [0.2, 0.25) is 0 Å². The molecule has 7 rings (SSSR count). The second-order valence-electron chi connectivity index (χ2n) is 9.67. The molecule has 0 amide bonds. The Bertz CT molecular complexity index is 1580. The third-order valence-corrected chi connectivity index (χ3v) is 9.24. The Morgan fingerprint density at radius 1 is 1.08 bits per heavy atom. The van der Waals surface area contributed by atoms with Gasteiger partial charge in [0.15, 0.2) is 5.69 Å². The van der Waals surface area contributed by atoms with Crippen molar-refractivity contribution in [3.8, 4) is 10.6 Å². The summed E-state index contributed by atoms with van der Waals surface area (Å²) >= 11 is 1.48.